The number of anilines is 1. The van der Waals surface area contributed by atoms with Crippen molar-refractivity contribution in [2.45, 2.75) is 0 Å². The molecular weight excluding hydrogens is 253 g/mol. The second-order valence-corrected chi connectivity index (χ2v) is 3.77. The first-order valence-corrected chi connectivity index (χ1v) is 5.32. The van der Waals surface area contributed by atoms with Crippen LogP contribution in [0.5, 0.6) is 0 Å². The molecule has 1 aromatic rings. The van der Waals surface area contributed by atoms with Crippen LogP contribution in [0.1, 0.15) is 0 Å². The fraction of sp³-hybridized carbons (Fsp3) is 0.300. The Hall–Kier alpha value is -0.810. The van der Waals surface area contributed by atoms with Gasteiger partial charge in [-0.15, -0.1) is 0 Å². The Labute approximate surface area is 103 Å². The van der Waals surface area contributed by atoms with Gasteiger partial charge in [0, 0.05) is 5.69 Å². The Morgan fingerprint density at radius 2 is 2.12 bits per heavy atom. The van der Waals surface area contributed by atoms with Crippen LogP contribution in [-0.4, -0.2) is 30.8 Å². The SMILES string of the molecule is O=C(COCCO)Nc1ccc(Cl)c(Cl)c1. The molecule has 1 amide bonds. The molecule has 0 bridgehead atoms. The van der Waals surface area contributed by atoms with E-state index < -0.39 is 0 Å². The van der Waals surface area contributed by atoms with Crippen molar-refractivity contribution >= 4 is 34.8 Å². The highest BCUT2D eigenvalue weighted by Crippen LogP contribution is 2.24. The molecule has 4 nitrogen and oxygen atoms in total. The third-order valence-corrected chi connectivity index (χ3v) is 2.41. The van der Waals surface area contributed by atoms with Crippen molar-refractivity contribution in [2.75, 3.05) is 25.1 Å². The lowest BCUT2D eigenvalue weighted by atomic mass is 10.3. The predicted octanol–water partition coefficient (Wildman–Crippen LogP) is 1.94. The number of ether oxygens (including phenoxy) is 1. The van der Waals surface area contributed by atoms with Gasteiger partial charge in [0.15, 0.2) is 0 Å². The van der Waals surface area contributed by atoms with Gasteiger partial charge in [0.2, 0.25) is 5.91 Å². The zero-order valence-corrected chi connectivity index (χ0v) is 9.88. The van der Waals surface area contributed by atoms with Crippen molar-refractivity contribution < 1.29 is 14.6 Å². The molecule has 0 saturated carbocycles. The molecule has 0 unspecified atom stereocenters. The van der Waals surface area contributed by atoms with E-state index >= 15 is 0 Å². The third kappa shape index (κ3) is 4.37. The first-order valence-electron chi connectivity index (χ1n) is 4.57. The van der Waals surface area contributed by atoms with E-state index in [1.807, 2.05) is 0 Å². The molecule has 88 valence electrons. The van der Waals surface area contributed by atoms with E-state index in [0.29, 0.717) is 15.7 Å². The first-order chi connectivity index (χ1) is 7.63. The second-order valence-electron chi connectivity index (χ2n) is 2.95. The van der Waals surface area contributed by atoms with Crippen molar-refractivity contribution in [3.8, 4) is 0 Å². The van der Waals surface area contributed by atoms with Gasteiger partial charge in [0.05, 0.1) is 23.3 Å². The molecule has 2 N–H and O–H groups in total. The van der Waals surface area contributed by atoms with Crippen LogP contribution in [0.2, 0.25) is 10.0 Å². The predicted molar refractivity (Wildman–Crippen MR) is 63.0 cm³/mol. The first kappa shape index (κ1) is 13.3. The largest absolute Gasteiger partial charge is 0.394 e. The maximum atomic E-state index is 11.3. The Balaban J connectivity index is 2.46. The number of carbonyl (C=O) groups is 1. The number of rotatable bonds is 5. The molecule has 0 aliphatic carbocycles. The summed E-state index contributed by atoms with van der Waals surface area (Å²) in [4.78, 5) is 11.3. The van der Waals surface area contributed by atoms with Crippen molar-refractivity contribution in [1.82, 2.24) is 0 Å². The standard InChI is InChI=1S/C10H11Cl2NO3/c11-8-2-1-7(5-9(8)12)13-10(15)6-16-4-3-14/h1-2,5,14H,3-4,6H2,(H,13,15). The summed E-state index contributed by atoms with van der Waals surface area (Å²) in [6, 6.07) is 4.78. The van der Waals surface area contributed by atoms with Gasteiger partial charge < -0.3 is 15.2 Å². The van der Waals surface area contributed by atoms with E-state index in [2.05, 4.69) is 5.32 Å². The number of nitrogens with one attached hydrogen (secondary N) is 1. The second kappa shape index (κ2) is 6.70. The van der Waals surface area contributed by atoms with Gasteiger partial charge in [-0.05, 0) is 18.2 Å². The quantitative estimate of drug-likeness (QED) is 0.799. The van der Waals surface area contributed by atoms with Gasteiger partial charge in [-0.3, -0.25) is 4.79 Å². The number of halogens is 2. The van der Waals surface area contributed by atoms with Gasteiger partial charge in [0.25, 0.3) is 0 Å². The molecule has 0 aliphatic rings. The molecule has 0 atom stereocenters. The zero-order chi connectivity index (χ0) is 12.0. The fourth-order valence-electron chi connectivity index (χ4n) is 1.00. The van der Waals surface area contributed by atoms with Crippen LogP contribution in [0.4, 0.5) is 5.69 Å². The minimum absolute atomic E-state index is 0.110. The molecule has 6 heteroatoms. The normalized spacial score (nSPS) is 10.2. The minimum Gasteiger partial charge on any atom is -0.394 e. The van der Waals surface area contributed by atoms with Gasteiger partial charge >= 0.3 is 0 Å². The third-order valence-electron chi connectivity index (χ3n) is 1.67. The number of amides is 1. The van der Waals surface area contributed by atoms with Gasteiger partial charge in [0.1, 0.15) is 6.61 Å². The van der Waals surface area contributed by atoms with E-state index in [1.54, 1.807) is 18.2 Å². The Morgan fingerprint density at radius 1 is 1.38 bits per heavy atom. The topological polar surface area (TPSA) is 58.6 Å². The maximum absolute atomic E-state index is 11.3. The van der Waals surface area contributed by atoms with Gasteiger partial charge in [-0.1, -0.05) is 23.2 Å². The molecule has 0 radical (unpaired) electrons. The summed E-state index contributed by atoms with van der Waals surface area (Å²) in [6.45, 7) is -0.0876. The van der Waals surface area contributed by atoms with Crippen molar-refractivity contribution in [3.63, 3.8) is 0 Å². The lowest BCUT2D eigenvalue weighted by molar-refractivity contribution is -0.120. The molecule has 0 aliphatic heterocycles. The molecule has 0 saturated heterocycles. The Bertz CT molecular complexity index is 371. The minimum atomic E-state index is -0.313. The van der Waals surface area contributed by atoms with Gasteiger partial charge in [-0.2, -0.15) is 0 Å². The molecule has 0 heterocycles. The molecular formula is C10H11Cl2NO3. The van der Waals surface area contributed by atoms with E-state index in [0.717, 1.165) is 0 Å². The van der Waals surface area contributed by atoms with Crippen molar-refractivity contribution in [1.29, 1.82) is 0 Å². The average Bonchev–Trinajstić information content (AvgIpc) is 2.24. The molecule has 0 fully saturated rings. The molecule has 16 heavy (non-hydrogen) atoms. The summed E-state index contributed by atoms with van der Waals surface area (Å²) < 4.78 is 4.85. The summed E-state index contributed by atoms with van der Waals surface area (Å²) in [7, 11) is 0. The van der Waals surface area contributed by atoms with E-state index in [4.69, 9.17) is 33.0 Å². The van der Waals surface area contributed by atoms with Crippen molar-refractivity contribution in [2.24, 2.45) is 0 Å². The number of hydrogen-bond donors (Lipinski definition) is 2. The summed E-state index contributed by atoms with van der Waals surface area (Å²) in [5.41, 5.74) is 0.548. The summed E-state index contributed by atoms with van der Waals surface area (Å²) in [6.07, 6.45) is 0. The number of aliphatic hydroxyl groups excluding tert-OH is 1. The Morgan fingerprint density at radius 3 is 2.75 bits per heavy atom. The highest BCUT2D eigenvalue weighted by Gasteiger charge is 2.04. The summed E-state index contributed by atoms with van der Waals surface area (Å²) in [5.74, 6) is -0.313. The number of benzene rings is 1. The van der Waals surface area contributed by atoms with Crippen LogP contribution < -0.4 is 5.32 Å². The van der Waals surface area contributed by atoms with Crippen molar-refractivity contribution in [3.05, 3.63) is 28.2 Å². The molecule has 0 aromatic heterocycles. The molecule has 1 rings (SSSR count). The highest BCUT2D eigenvalue weighted by atomic mass is 35.5. The Kier molecular flexibility index (Phi) is 5.55. The summed E-state index contributed by atoms with van der Waals surface area (Å²) >= 11 is 11.5. The lowest BCUT2D eigenvalue weighted by Crippen LogP contribution is -2.19. The fourth-order valence-corrected chi connectivity index (χ4v) is 1.30. The average molecular weight is 264 g/mol. The van der Waals surface area contributed by atoms with Crippen LogP contribution >= 0.6 is 23.2 Å². The van der Waals surface area contributed by atoms with Crippen LogP contribution in [0, 0.1) is 0 Å². The van der Waals surface area contributed by atoms with Crippen LogP contribution in [-0.2, 0) is 9.53 Å². The molecule has 0 spiro atoms. The number of carbonyl (C=O) groups excluding carboxylic acids is 1. The van der Waals surface area contributed by atoms with Gasteiger partial charge in [-0.25, -0.2) is 0 Å². The molecule has 1 aromatic carbocycles. The lowest BCUT2D eigenvalue weighted by Gasteiger charge is -2.06. The van der Waals surface area contributed by atoms with Crippen LogP contribution in [0.3, 0.4) is 0 Å². The van der Waals surface area contributed by atoms with Crippen LogP contribution in [0.25, 0.3) is 0 Å². The monoisotopic (exact) mass is 263 g/mol. The smallest absolute Gasteiger partial charge is 0.250 e. The maximum Gasteiger partial charge on any atom is 0.250 e. The van der Waals surface area contributed by atoms with Crippen LogP contribution in [0.15, 0.2) is 18.2 Å². The number of hydrogen-bond acceptors (Lipinski definition) is 3. The van der Waals surface area contributed by atoms with E-state index in [9.17, 15) is 4.79 Å². The van der Waals surface area contributed by atoms with E-state index in [-0.39, 0.29) is 25.7 Å². The van der Waals surface area contributed by atoms with E-state index in [1.165, 1.54) is 0 Å². The number of aliphatic hydroxyl groups is 1. The summed E-state index contributed by atoms with van der Waals surface area (Å²) in [5, 5.41) is 11.8. The zero-order valence-electron chi connectivity index (χ0n) is 8.37. The highest BCUT2D eigenvalue weighted by molar-refractivity contribution is 6.42.